The van der Waals surface area contributed by atoms with Gasteiger partial charge >= 0.3 is 5.97 Å². The Bertz CT molecular complexity index is 800. The molecule has 5 rings (SSSR count). The molecule has 1 saturated heterocycles. The highest BCUT2D eigenvalue weighted by Crippen LogP contribution is 2.68. The van der Waals surface area contributed by atoms with Crippen molar-refractivity contribution in [2.24, 2.45) is 40.4 Å². The Balaban J connectivity index is 1.53. The summed E-state index contributed by atoms with van der Waals surface area (Å²) in [5.41, 5.74) is -0.702. The van der Waals surface area contributed by atoms with Crippen molar-refractivity contribution in [2.45, 2.75) is 84.5 Å². The van der Waals surface area contributed by atoms with Crippen LogP contribution >= 0.6 is 0 Å². The Morgan fingerprint density at radius 3 is 2.35 bits per heavy atom. The number of Topliss-reactive ketones (excluding diaryl/α,β-unsaturated/α-hetero) is 2. The summed E-state index contributed by atoms with van der Waals surface area (Å²) in [6.45, 7) is 8.61. The van der Waals surface area contributed by atoms with Gasteiger partial charge in [0.25, 0.3) is 0 Å². The second-order valence-corrected chi connectivity index (χ2v) is 11.4. The number of ether oxygens (including phenoxy) is 3. The lowest BCUT2D eigenvalue weighted by Crippen LogP contribution is -2.64. The molecule has 6 nitrogen and oxygen atoms in total. The number of carbonyl (C=O) groups excluding carboxylic acids is 3. The Kier molecular flexibility index (Phi) is 4.95. The number of hydrogen-bond acceptors (Lipinski definition) is 6. The molecular weight excluding hydrogens is 396 g/mol. The molecule has 31 heavy (non-hydrogen) atoms. The molecule has 0 N–H and O–H groups in total. The van der Waals surface area contributed by atoms with Crippen LogP contribution in [0.2, 0.25) is 0 Å². The molecule has 0 radical (unpaired) electrons. The monoisotopic (exact) mass is 432 g/mol. The minimum absolute atomic E-state index is 0.00480. The first kappa shape index (κ1) is 21.6. The topological polar surface area (TPSA) is 78.9 Å². The highest BCUT2D eigenvalue weighted by atomic mass is 16.7. The van der Waals surface area contributed by atoms with E-state index in [2.05, 4.69) is 13.8 Å². The second kappa shape index (κ2) is 7.11. The van der Waals surface area contributed by atoms with Gasteiger partial charge in [0.1, 0.15) is 17.7 Å². The van der Waals surface area contributed by atoms with Gasteiger partial charge in [-0.2, -0.15) is 0 Å². The van der Waals surface area contributed by atoms with Crippen LogP contribution in [-0.4, -0.2) is 42.6 Å². The van der Waals surface area contributed by atoms with E-state index >= 15 is 0 Å². The molecule has 0 aromatic heterocycles. The minimum atomic E-state index is -0.749. The third-order valence-corrected chi connectivity index (χ3v) is 10.0. The summed E-state index contributed by atoms with van der Waals surface area (Å²) >= 11 is 0. The fourth-order valence-electron chi connectivity index (χ4n) is 8.85. The largest absolute Gasteiger partial charge is 0.462 e. The van der Waals surface area contributed by atoms with E-state index in [1.54, 1.807) is 6.92 Å². The highest BCUT2D eigenvalue weighted by molar-refractivity contribution is 5.87. The molecule has 1 heterocycles. The van der Waals surface area contributed by atoms with E-state index in [4.69, 9.17) is 14.2 Å². The van der Waals surface area contributed by atoms with Gasteiger partial charge in [0, 0.05) is 30.6 Å². The average molecular weight is 433 g/mol. The molecule has 5 fully saturated rings. The Morgan fingerprint density at radius 1 is 1.00 bits per heavy atom. The molecule has 0 aromatic rings. The third-order valence-electron chi connectivity index (χ3n) is 10.0. The summed E-state index contributed by atoms with van der Waals surface area (Å²) < 4.78 is 17.8. The molecule has 4 saturated carbocycles. The van der Waals surface area contributed by atoms with E-state index in [-0.39, 0.29) is 53.2 Å². The number of ketones is 2. The molecule has 0 bridgehead atoms. The zero-order chi connectivity index (χ0) is 22.2. The van der Waals surface area contributed by atoms with Gasteiger partial charge in [-0.25, -0.2) is 0 Å². The number of rotatable bonds is 2. The van der Waals surface area contributed by atoms with E-state index in [9.17, 15) is 14.4 Å². The molecular formula is C25H36O6. The first-order valence-electron chi connectivity index (χ1n) is 12.1. The smallest absolute Gasteiger partial charge is 0.302 e. The van der Waals surface area contributed by atoms with Crippen molar-refractivity contribution in [3.8, 4) is 0 Å². The van der Waals surface area contributed by atoms with Crippen molar-refractivity contribution < 1.29 is 28.6 Å². The first-order valence-corrected chi connectivity index (χ1v) is 12.1. The molecule has 8 atom stereocenters. The zero-order valence-electron chi connectivity index (χ0n) is 19.3. The molecule has 0 amide bonds. The quantitative estimate of drug-likeness (QED) is 0.619. The van der Waals surface area contributed by atoms with Gasteiger partial charge in [0.2, 0.25) is 0 Å². The van der Waals surface area contributed by atoms with Gasteiger partial charge in [-0.3, -0.25) is 14.4 Å². The van der Waals surface area contributed by atoms with Crippen LogP contribution in [0.25, 0.3) is 0 Å². The van der Waals surface area contributed by atoms with Crippen LogP contribution in [0.1, 0.15) is 72.6 Å². The zero-order valence-corrected chi connectivity index (χ0v) is 19.3. The van der Waals surface area contributed by atoms with Crippen LogP contribution in [0, 0.1) is 40.4 Å². The first-order chi connectivity index (χ1) is 14.6. The molecule has 0 aromatic carbocycles. The van der Waals surface area contributed by atoms with Crippen LogP contribution in [0.4, 0.5) is 0 Å². The van der Waals surface area contributed by atoms with Gasteiger partial charge in [-0.15, -0.1) is 0 Å². The molecule has 1 spiro atoms. The fourth-order valence-corrected chi connectivity index (χ4v) is 8.85. The van der Waals surface area contributed by atoms with Gasteiger partial charge < -0.3 is 14.2 Å². The summed E-state index contributed by atoms with van der Waals surface area (Å²) in [5, 5.41) is 0. The maximum absolute atomic E-state index is 13.8. The van der Waals surface area contributed by atoms with Crippen LogP contribution in [0.3, 0.4) is 0 Å². The SMILES string of the molecule is CC(=O)O[C@@H]1C[C@@]2(C)[C@H](CC[C@H]2C(C)=O)[C@@H]2CC[C@H]3CC4(CC(=O)[C@]3(C)[C@@H]21)OCCO4. The molecule has 0 unspecified atom stereocenters. The number of hydrogen-bond donors (Lipinski definition) is 0. The lowest BCUT2D eigenvalue weighted by Gasteiger charge is -2.62. The van der Waals surface area contributed by atoms with Crippen molar-refractivity contribution in [2.75, 3.05) is 13.2 Å². The number of esters is 1. The summed E-state index contributed by atoms with van der Waals surface area (Å²) in [6, 6.07) is 0. The van der Waals surface area contributed by atoms with Crippen LogP contribution in [0.15, 0.2) is 0 Å². The van der Waals surface area contributed by atoms with Gasteiger partial charge in [0.15, 0.2) is 5.79 Å². The highest BCUT2D eigenvalue weighted by Gasteiger charge is 2.68. The number of carbonyl (C=O) groups is 3. The summed E-state index contributed by atoms with van der Waals surface area (Å²) in [7, 11) is 0. The van der Waals surface area contributed by atoms with Crippen LogP contribution < -0.4 is 0 Å². The summed E-state index contributed by atoms with van der Waals surface area (Å²) in [6.07, 6.45) is 5.29. The lowest BCUT2D eigenvalue weighted by atomic mass is 9.43. The minimum Gasteiger partial charge on any atom is -0.462 e. The fraction of sp³-hybridized carbons (Fsp3) is 0.880. The van der Waals surface area contributed by atoms with E-state index in [1.165, 1.54) is 6.92 Å². The standard InChI is InChI=1S/C25H36O6/c1-14(26)18-7-8-19-17-6-5-16-11-25(29-9-10-30-25)13-21(28)24(16,4)22(17)20(31-15(2)27)12-23(18,19)3/h16-20,22H,5-13H2,1-4H3/t16-,17-,18-,19+,20+,22-,23+,24+/m0/s1. The van der Waals surface area contributed by atoms with Gasteiger partial charge in [-0.1, -0.05) is 13.8 Å². The molecule has 1 aliphatic heterocycles. The van der Waals surface area contributed by atoms with Gasteiger partial charge in [-0.05, 0) is 62.2 Å². The van der Waals surface area contributed by atoms with E-state index in [0.29, 0.717) is 31.5 Å². The van der Waals surface area contributed by atoms with E-state index in [0.717, 1.165) is 32.1 Å². The Morgan fingerprint density at radius 2 is 1.71 bits per heavy atom. The predicted molar refractivity (Wildman–Crippen MR) is 112 cm³/mol. The van der Waals surface area contributed by atoms with Crippen molar-refractivity contribution in [1.82, 2.24) is 0 Å². The number of fused-ring (bicyclic) bond motifs is 5. The normalized spacial score (nSPS) is 48.1. The Labute approximate surface area is 184 Å². The van der Waals surface area contributed by atoms with E-state index in [1.807, 2.05) is 0 Å². The summed E-state index contributed by atoms with van der Waals surface area (Å²) in [4.78, 5) is 38.4. The van der Waals surface area contributed by atoms with Crippen molar-refractivity contribution in [3.63, 3.8) is 0 Å². The molecule has 5 aliphatic rings. The molecule has 172 valence electrons. The van der Waals surface area contributed by atoms with Crippen molar-refractivity contribution >= 4 is 17.5 Å². The lowest BCUT2D eigenvalue weighted by molar-refractivity contribution is -0.234. The van der Waals surface area contributed by atoms with Crippen LogP contribution in [0.5, 0.6) is 0 Å². The predicted octanol–water partition coefficient (Wildman–Crippen LogP) is 3.70. The second-order valence-electron chi connectivity index (χ2n) is 11.4. The molecule has 6 heteroatoms. The average Bonchev–Trinajstić information content (AvgIpc) is 3.26. The molecule has 4 aliphatic carbocycles. The van der Waals surface area contributed by atoms with E-state index < -0.39 is 11.2 Å². The van der Waals surface area contributed by atoms with Crippen LogP contribution in [-0.2, 0) is 28.6 Å². The van der Waals surface area contributed by atoms with Gasteiger partial charge in [0.05, 0.1) is 19.6 Å². The Hall–Kier alpha value is -1.27. The van der Waals surface area contributed by atoms with Crippen molar-refractivity contribution in [3.05, 3.63) is 0 Å². The third kappa shape index (κ3) is 3.00. The van der Waals surface area contributed by atoms with Crippen molar-refractivity contribution in [1.29, 1.82) is 0 Å². The summed E-state index contributed by atoms with van der Waals surface area (Å²) in [5.74, 6) is 0.296. The maximum Gasteiger partial charge on any atom is 0.302 e. The maximum atomic E-state index is 13.8.